The second-order valence-corrected chi connectivity index (χ2v) is 3.45. The number of hydrogen-bond donors (Lipinski definition) is 2. The van der Waals surface area contributed by atoms with E-state index in [1.54, 1.807) is 0 Å². The summed E-state index contributed by atoms with van der Waals surface area (Å²) in [5.74, 6) is 0. The molecule has 0 radical (unpaired) electrons. The normalized spacial score (nSPS) is 10.3. The molecular weight excluding hydrogens is 200 g/mol. The van der Waals surface area contributed by atoms with Crippen LogP contribution in [-0.4, -0.2) is 12.6 Å². The molecule has 0 fully saturated rings. The second kappa shape index (κ2) is 7.51. The van der Waals surface area contributed by atoms with Crippen molar-refractivity contribution in [1.82, 2.24) is 10.6 Å². The van der Waals surface area contributed by atoms with Crippen molar-refractivity contribution in [2.45, 2.75) is 19.9 Å². The Morgan fingerprint density at radius 1 is 1.25 bits per heavy atom. The van der Waals surface area contributed by atoms with Crippen molar-refractivity contribution in [1.29, 1.82) is 0 Å². The summed E-state index contributed by atoms with van der Waals surface area (Å²) in [6, 6.07) is 9.73. The van der Waals surface area contributed by atoms with Gasteiger partial charge in [0.1, 0.15) is 0 Å². The van der Waals surface area contributed by atoms with E-state index in [-0.39, 0.29) is 6.03 Å². The fraction of sp³-hybridized carbons (Fsp3) is 0.308. The average molecular weight is 218 g/mol. The summed E-state index contributed by atoms with van der Waals surface area (Å²) < 4.78 is 0. The highest BCUT2D eigenvalue weighted by atomic mass is 16.2. The van der Waals surface area contributed by atoms with Crippen LogP contribution in [0.5, 0.6) is 0 Å². The van der Waals surface area contributed by atoms with Crippen LogP contribution in [0.25, 0.3) is 0 Å². The molecule has 0 saturated heterocycles. The fourth-order valence-electron chi connectivity index (χ4n) is 1.28. The Morgan fingerprint density at radius 3 is 2.69 bits per heavy atom. The van der Waals surface area contributed by atoms with Gasteiger partial charge in [-0.3, -0.25) is 0 Å². The third-order valence-electron chi connectivity index (χ3n) is 2.13. The number of amides is 2. The van der Waals surface area contributed by atoms with E-state index in [1.165, 1.54) is 0 Å². The Balaban J connectivity index is 2.15. The Bertz CT molecular complexity index is 333. The summed E-state index contributed by atoms with van der Waals surface area (Å²) >= 11 is 0. The van der Waals surface area contributed by atoms with Crippen molar-refractivity contribution < 1.29 is 4.79 Å². The van der Waals surface area contributed by atoms with Gasteiger partial charge in [-0.05, 0) is 18.9 Å². The second-order valence-electron chi connectivity index (χ2n) is 3.45. The predicted octanol–water partition coefficient (Wildman–Crippen LogP) is 2.45. The molecule has 0 heterocycles. The zero-order chi connectivity index (χ0) is 11.6. The van der Waals surface area contributed by atoms with Crippen LogP contribution >= 0.6 is 0 Å². The van der Waals surface area contributed by atoms with E-state index < -0.39 is 0 Å². The maximum Gasteiger partial charge on any atom is 0.315 e. The van der Waals surface area contributed by atoms with E-state index in [4.69, 9.17) is 0 Å². The van der Waals surface area contributed by atoms with Gasteiger partial charge in [0.25, 0.3) is 0 Å². The Morgan fingerprint density at radius 2 is 2.00 bits per heavy atom. The molecule has 2 amide bonds. The van der Waals surface area contributed by atoms with Crippen LogP contribution in [0.1, 0.15) is 18.9 Å². The van der Waals surface area contributed by atoms with E-state index in [0.717, 1.165) is 12.0 Å². The predicted molar refractivity (Wildman–Crippen MR) is 66.1 cm³/mol. The van der Waals surface area contributed by atoms with Gasteiger partial charge in [-0.1, -0.05) is 42.5 Å². The van der Waals surface area contributed by atoms with E-state index >= 15 is 0 Å². The highest BCUT2D eigenvalue weighted by Gasteiger charge is 1.97. The van der Waals surface area contributed by atoms with E-state index in [1.807, 2.05) is 49.4 Å². The molecule has 0 saturated carbocycles. The third kappa shape index (κ3) is 5.20. The fourth-order valence-corrected chi connectivity index (χ4v) is 1.28. The van der Waals surface area contributed by atoms with Gasteiger partial charge in [-0.15, -0.1) is 0 Å². The first-order chi connectivity index (χ1) is 7.83. The number of carbonyl (C=O) groups is 1. The quantitative estimate of drug-likeness (QED) is 0.578. The van der Waals surface area contributed by atoms with Crippen LogP contribution in [0.4, 0.5) is 4.79 Å². The summed E-state index contributed by atoms with van der Waals surface area (Å²) in [6.07, 6.45) is 4.87. The molecule has 0 bridgehead atoms. The molecule has 0 aliphatic heterocycles. The highest BCUT2D eigenvalue weighted by molar-refractivity contribution is 5.73. The van der Waals surface area contributed by atoms with E-state index in [9.17, 15) is 4.79 Å². The van der Waals surface area contributed by atoms with Gasteiger partial charge in [0.2, 0.25) is 0 Å². The summed E-state index contributed by atoms with van der Waals surface area (Å²) in [5, 5.41) is 5.59. The molecule has 0 unspecified atom stereocenters. The summed E-state index contributed by atoms with van der Waals surface area (Å²) in [5.41, 5.74) is 1.10. The number of allylic oxidation sites excluding steroid dienone is 1. The van der Waals surface area contributed by atoms with Gasteiger partial charge in [0.05, 0.1) is 0 Å². The molecule has 0 atom stereocenters. The molecule has 3 heteroatoms. The van der Waals surface area contributed by atoms with Gasteiger partial charge < -0.3 is 10.6 Å². The standard InChI is InChI=1S/C13H18N2O/c1-2-3-7-10-14-13(16)15-11-12-8-5-4-6-9-12/h2-6,8-9H,7,10-11H2,1H3,(H2,14,15,16)/b3-2+. The lowest BCUT2D eigenvalue weighted by Gasteiger charge is -2.06. The Labute approximate surface area is 96.6 Å². The van der Waals surface area contributed by atoms with Crippen LogP contribution < -0.4 is 10.6 Å². The molecule has 0 aromatic heterocycles. The van der Waals surface area contributed by atoms with E-state index in [0.29, 0.717) is 13.1 Å². The number of urea groups is 1. The largest absolute Gasteiger partial charge is 0.338 e. The van der Waals surface area contributed by atoms with Crippen LogP contribution in [0.15, 0.2) is 42.5 Å². The van der Waals surface area contributed by atoms with Crippen LogP contribution in [0.2, 0.25) is 0 Å². The molecule has 1 aromatic rings. The molecule has 0 aliphatic rings. The SMILES string of the molecule is C/C=C/CCNC(=O)NCc1ccccc1. The lowest BCUT2D eigenvalue weighted by molar-refractivity contribution is 0.240. The van der Waals surface area contributed by atoms with Crippen LogP contribution in [0, 0.1) is 0 Å². The van der Waals surface area contributed by atoms with Gasteiger partial charge in [-0.2, -0.15) is 0 Å². The molecule has 2 N–H and O–H groups in total. The first-order valence-electron chi connectivity index (χ1n) is 5.49. The number of rotatable bonds is 5. The molecule has 3 nitrogen and oxygen atoms in total. The van der Waals surface area contributed by atoms with Crippen molar-refractivity contribution >= 4 is 6.03 Å². The number of carbonyl (C=O) groups excluding carboxylic acids is 1. The van der Waals surface area contributed by atoms with Gasteiger partial charge in [0, 0.05) is 13.1 Å². The first kappa shape index (κ1) is 12.3. The van der Waals surface area contributed by atoms with Crippen molar-refractivity contribution in [3.8, 4) is 0 Å². The zero-order valence-corrected chi connectivity index (χ0v) is 9.57. The molecule has 16 heavy (non-hydrogen) atoms. The van der Waals surface area contributed by atoms with Crippen molar-refractivity contribution in [3.63, 3.8) is 0 Å². The lowest BCUT2D eigenvalue weighted by atomic mass is 10.2. The minimum absolute atomic E-state index is 0.117. The maximum atomic E-state index is 11.3. The molecular formula is C13H18N2O. The van der Waals surface area contributed by atoms with Gasteiger partial charge in [-0.25, -0.2) is 4.79 Å². The van der Waals surface area contributed by atoms with Crippen LogP contribution in [-0.2, 0) is 6.54 Å². The first-order valence-corrected chi connectivity index (χ1v) is 5.49. The topological polar surface area (TPSA) is 41.1 Å². The number of nitrogens with one attached hydrogen (secondary N) is 2. The van der Waals surface area contributed by atoms with Gasteiger partial charge >= 0.3 is 6.03 Å². The van der Waals surface area contributed by atoms with Crippen molar-refractivity contribution in [3.05, 3.63) is 48.0 Å². The molecule has 1 rings (SSSR count). The molecule has 0 aliphatic carbocycles. The minimum Gasteiger partial charge on any atom is -0.338 e. The molecule has 1 aromatic carbocycles. The number of hydrogen-bond acceptors (Lipinski definition) is 1. The average Bonchev–Trinajstić information content (AvgIpc) is 2.33. The molecule has 86 valence electrons. The molecule has 0 spiro atoms. The minimum atomic E-state index is -0.117. The van der Waals surface area contributed by atoms with Crippen LogP contribution in [0.3, 0.4) is 0 Å². The highest BCUT2D eigenvalue weighted by Crippen LogP contribution is 1.96. The Kier molecular flexibility index (Phi) is 5.78. The zero-order valence-electron chi connectivity index (χ0n) is 9.57. The van der Waals surface area contributed by atoms with Crippen molar-refractivity contribution in [2.75, 3.05) is 6.54 Å². The van der Waals surface area contributed by atoms with Gasteiger partial charge in [0.15, 0.2) is 0 Å². The lowest BCUT2D eigenvalue weighted by Crippen LogP contribution is -2.35. The van der Waals surface area contributed by atoms with Crippen molar-refractivity contribution in [2.24, 2.45) is 0 Å². The number of benzene rings is 1. The Hall–Kier alpha value is -1.77. The summed E-state index contributed by atoms with van der Waals surface area (Å²) in [4.78, 5) is 11.3. The summed E-state index contributed by atoms with van der Waals surface area (Å²) in [6.45, 7) is 3.21. The maximum absolute atomic E-state index is 11.3. The monoisotopic (exact) mass is 218 g/mol. The summed E-state index contributed by atoms with van der Waals surface area (Å²) in [7, 11) is 0. The van der Waals surface area contributed by atoms with E-state index in [2.05, 4.69) is 10.6 Å². The third-order valence-corrected chi connectivity index (χ3v) is 2.13. The smallest absolute Gasteiger partial charge is 0.315 e.